The molecule has 0 atom stereocenters. The zero-order chi connectivity index (χ0) is 20.3. The van der Waals surface area contributed by atoms with Crippen LogP contribution in [0, 0.1) is 6.92 Å². The van der Waals surface area contributed by atoms with Crippen molar-refractivity contribution in [1.29, 1.82) is 0 Å². The second kappa shape index (κ2) is 8.09. The normalized spacial score (nSPS) is 11.6. The van der Waals surface area contributed by atoms with Gasteiger partial charge in [-0.2, -0.15) is 0 Å². The van der Waals surface area contributed by atoms with Crippen LogP contribution in [0.3, 0.4) is 0 Å². The lowest BCUT2D eigenvalue weighted by molar-refractivity contribution is -0.157. The van der Waals surface area contributed by atoms with Gasteiger partial charge >= 0.3 is 5.97 Å². The van der Waals surface area contributed by atoms with Crippen LogP contribution in [-0.2, 0) is 22.5 Å². The molecule has 1 aromatic heterocycles. The van der Waals surface area contributed by atoms with Crippen LogP contribution in [0.15, 0.2) is 48.5 Å². The summed E-state index contributed by atoms with van der Waals surface area (Å²) in [7, 11) is 0. The second-order valence-corrected chi connectivity index (χ2v) is 8.13. The average molecular weight is 380 g/mol. The summed E-state index contributed by atoms with van der Waals surface area (Å²) in [5.41, 5.74) is 4.21. The molecule has 4 heteroatoms. The Morgan fingerprint density at radius 3 is 2.43 bits per heavy atom. The summed E-state index contributed by atoms with van der Waals surface area (Å²) in [5, 5.41) is 1.03. The molecule has 0 aliphatic carbocycles. The Hall–Kier alpha value is -2.75. The lowest BCUT2D eigenvalue weighted by Crippen LogP contribution is -2.27. The first kappa shape index (κ1) is 20.0. The molecule has 2 aromatic carbocycles. The summed E-state index contributed by atoms with van der Waals surface area (Å²) in [4.78, 5) is 12.1. The number of carbonyl (C=O) groups excluding carboxylic acids is 1. The van der Waals surface area contributed by atoms with E-state index in [0.29, 0.717) is 0 Å². The zero-order valence-electron chi connectivity index (χ0n) is 17.4. The van der Waals surface area contributed by atoms with Gasteiger partial charge in [-0.1, -0.05) is 37.3 Å². The molecule has 0 saturated heterocycles. The first-order chi connectivity index (χ1) is 13.3. The maximum atomic E-state index is 12.1. The van der Waals surface area contributed by atoms with E-state index in [1.54, 1.807) is 0 Å². The largest absolute Gasteiger partial charge is 0.481 e. The van der Waals surface area contributed by atoms with Gasteiger partial charge in [0.25, 0.3) is 0 Å². The summed E-state index contributed by atoms with van der Waals surface area (Å²) >= 11 is 0. The fourth-order valence-corrected chi connectivity index (χ4v) is 3.39. The Morgan fingerprint density at radius 1 is 1.07 bits per heavy atom. The molecule has 0 aliphatic rings. The van der Waals surface area contributed by atoms with E-state index in [-0.39, 0.29) is 12.6 Å². The van der Waals surface area contributed by atoms with Crippen LogP contribution in [0.2, 0.25) is 0 Å². The standard InChI is InChI=1S/C24H29NO3/c1-6-19-14-20-21(25(19)15-18-10-8-7-9-11-18)12-17(2)13-22(20)27-16-23(26)28-24(3,4)5/h7-14H,6,15-16H2,1-5H3. The third-order valence-corrected chi connectivity index (χ3v) is 4.52. The van der Waals surface area contributed by atoms with E-state index in [1.165, 1.54) is 11.3 Å². The summed E-state index contributed by atoms with van der Waals surface area (Å²) in [6.07, 6.45) is 0.923. The Bertz CT molecular complexity index is 965. The highest BCUT2D eigenvalue weighted by Crippen LogP contribution is 2.32. The van der Waals surface area contributed by atoms with Crippen LogP contribution in [0.4, 0.5) is 0 Å². The van der Waals surface area contributed by atoms with Crippen molar-refractivity contribution in [1.82, 2.24) is 4.57 Å². The Kier molecular flexibility index (Phi) is 5.78. The van der Waals surface area contributed by atoms with Gasteiger partial charge in [-0.15, -0.1) is 0 Å². The molecule has 0 radical (unpaired) electrons. The second-order valence-electron chi connectivity index (χ2n) is 8.13. The molecular weight excluding hydrogens is 350 g/mol. The van der Waals surface area contributed by atoms with Crippen molar-refractivity contribution in [3.05, 3.63) is 65.4 Å². The minimum atomic E-state index is -0.517. The molecule has 3 aromatic rings. The number of aromatic nitrogens is 1. The minimum absolute atomic E-state index is 0.0961. The van der Waals surface area contributed by atoms with Crippen molar-refractivity contribution in [2.24, 2.45) is 0 Å². The number of hydrogen-bond acceptors (Lipinski definition) is 3. The van der Waals surface area contributed by atoms with E-state index in [0.717, 1.165) is 35.2 Å². The van der Waals surface area contributed by atoms with Crippen LogP contribution in [0.25, 0.3) is 10.9 Å². The molecule has 148 valence electrons. The average Bonchev–Trinajstić information content (AvgIpc) is 2.97. The Labute approximate surface area is 167 Å². The maximum absolute atomic E-state index is 12.1. The van der Waals surface area contributed by atoms with Gasteiger partial charge in [-0.25, -0.2) is 4.79 Å². The molecule has 0 aliphatic heterocycles. The van der Waals surface area contributed by atoms with Crippen molar-refractivity contribution in [2.45, 2.75) is 53.2 Å². The van der Waals surface area contributed by atoms with E-state index < -0.39 is 5.60 Å². The van der Waals surface area contributed by atoms with Crippen LogP contribution in [-0.4, -0.2) is 22.7 Å². The van der Waals surface area contributed by atoms with Gasteiger partial charge in [-0.05, 0) is 63.4 Å². The quantitative estimate of drug-likeness (QED) is 0.547. The molecular formula is C24H29NO3. The van der Waals surface area contributed by atoms with Crippen LogP contribution in [0.5, 0.6) is 5.75 Å². The lowest BCUT2D eigenvalue weighted by atomic mass is 10.1. The number of fused-ring (bicyclic) bond motifs is 1. The molecule has 0 N–H and O–H groups in total. The topological polar surface area (TPSA) is 40.5 Å². The Balaban J connectivity index is 1.93. The van der Waals surface area contributed by atoms with Crippen LogP contribution >= 0.6 is 0 Å². The monoisotopic (exact) mass is 379 g/mol. The number of nitrogens with zero attached hydrogens (tertiary/aromatic N) is 1. The number of aryl methyl sites for hydroxylation is 2. The highest BCUT2D eigenvalue weighted by molar-refractivity contribution is 5.89. The predicted octanol–water partition coefficient (Wildman–Crippen LogP) is 5.28. The number of ether oxygens (including phenoxy) is 2. The first-order valence-electron chi connectivity index (χ1n) is 9.78. The van der Waals surface area contributed by atoms with Gasteiger partial charge in [0, 0.05) is 17.6 Å². The van der Waals surface area contributed by atoms with E-state index >= 15 is 0 Å². The Morgan fingerprint density at radius 2 is 1.79 bits per heavy atom. The van der Waals surface area contributed by atoms with Gasteiger partial charge in [0.15, 0.2) is 6.61 Å². The van der Waals surface area contributed by atoms with Gasteiger partial charge in [0.2, 0.25) is 0 Å². The van der Waals surface area contributed by atoms with Gasteiger partial charge in [0.05, 0.1) is 5.52 Å². The van der Waals surface area contributed by atoms with Crippen molar-refractivity contribution < 1.29 is 14.3 Å². The zero-order valence-corrected chi connectivity index (χ0v) is 17.4. The van der Waals surface area contributed by atoms with Crippen molar-refractivity contribution in [3.8, 4) is 5.75 Å². The molecule has 28 heavy (non-hydrogen) atoms. The SMILES string of the molecule is CCc1cc2c(OCC(=O)OC(C)(C)C)cc(C)cc2n1Cc1ccccc1. The third kappa shape index (κ3) is 4.75. The highest BCUT2D eigenvalue weighted by atomic mass is 16.6. The fourth-order valence-electron chi connectivity index (χ4n) is 3.39. The number of hydrogen-bond donors (Lipinski definition) is 0. The van der Waals surface area contributed by atoms with Crippen molar-refractivity contribution >= 4 is 16.9 Å². The number of rotatable bonds is 6. The van der Waals surface area contributed by atoms with E-state index in [1.807, 2.05) is 39.8 Å². The molecule has 4 nitrogen and oxygen atoms in total. The van der Waals surface area contributed by atoms with Gasteiger partial charge in [-0.3, -0.25) is 0 Å². The summed E-state index contributed by atoms with van der Waals surface area (Å²) in [5.74, 6) is 0.365. The highest BCUT2D eigenvalue weighted by Gasteiger charge is 2.18. The molecule has 1 heterocycles. The van der Waals surface area contributed by atoms with E-state index in [2.05, 4.69) is 47.9 Å². The smallest absolute Gasteiger partial charge is 0.344 e. The summed E-state index contributed by atoms with van der Waals surface area (Å²) < 4.78 is 13.6. The molecule has 0 unspecified atom stereocenters. The summed E-state index contributed by atoms with van der Waals surface area (Å²) in [6, 6.07) is 16.8. The number of benzene rings is 2. The minimum Gasteiger partial charge on any atom is -0.481 e. The summed E-state index contributed by atoms with van der Waals surface area (Å²) in [6.45, 7) is 10.5. The van der Waals surface area contributed by atoms with Crippen molar-refractivity contribution in [2.75, 3.05) is 6.61 Å². The molecule has 0 spiro atoms. The molecule has 3 rings (SSSR count). The fraction of sp³-hybridized carbons (Fsp3) is 0.375. The lowest BCUT2D eigenvalue weighted by Gasteiger charge is -2.19. The maximum Gasteiger partial charge on any atom is 0.344 e. The molecule has 0 amide bonds. The van der Waals surface area contributed by atoms with Gasteiger partial charge < -0.3 is 14.0 Å². The third-order valence-electron chi connectivity index (χ3n) is 4.52. The van der Waals surface area contributed by atoms with E-state index in [4.69, 9.17) is 9.47 Å². The van der Waals surface area contributed by atoms with E-state index in [9.17, 15) is 4.79 Å². The van der Waals surface area contributed by atoms with Crippen LogP contribution in [0.1, 0.15) is 44.5 Å². The van der Waals surface area contributed by atoms with Gasteiger partial charge in [0.1, 0.15) is 11.4 Å². The molecule has 0 saturated carbocycles. The molecule has 0 bridgehead atoms. The number of carbonyl (C=O) groups is 1. The predicted molar refractivity (Wildman–Crippen MR) is 113 cm³/mol. The first-order valence-corrected chi connectivity index (χ1v) is 9.78. The van der Waals surface area contributed by atoms with Crippen molar-refractivity contribution in [3.63, 3.8) is 0 Å². The molecule has 0 fully saturated rings. The number of esters is 1. The van der Waals surface area contributed by atoms with Crippen LogP contribution < -0.4 is 4.74 Å².